The van der Waals surface area contributed by atoms with E-state index in [0.717, 1.165) is 17.4 Å². The number of halogens is 3. The number of rotatable bonds is 8. The fourth-order valence-corrected chi connectivity index (χ4v) is 3.97. The molecule has 1 aromatic carbocycles. The Morgan fingerprint density at radius 1 is 1.03 bits per heavy atom. The Kier molecular flexibility index (Phi) is 8.53. The van der Waals surface area contributed by atoms with Crippen LogP contribution in [0.5, 0.6) is 0 Å². The van der Waals surface area contributed by atoms with E-state index in [1.807, 2.05) is 32.1 Å². The van der Waals surface area contributed by atoms with Gasteiger partial charge in [-0.2, -0.15) is 21.6 Å². The molecule has 0 saturated heterocycles. The Labute approximate surface area is 179 Å². The van der Waals surface area contributed by atoms with Crippen LogP contribution >= 0.6 is 0 Å². The van der Waals surface area contributed by atoms with Crippen LogP contribution < -0.4 is 0 Å². The third-order valence-corrected chi connectivity index (χ3v) is 5.92. The normalized spacial score (nSPS) is 20.6. The molecule has 7 nitrogen and oxygen atoms in total. The first-order valence-electron chi connectivity index (χ1n) is 9.86. The van der Waals surface area contributed by atoms with Crippen molar-refractivity contribution < 1.29 is 45.2 Å². The van der Waals surface area contributed by atoms with Crippen molar-refractivity contribution in [2.45, 2.75) is 50.9 Å². The van der Waals surface area contributed by atoms with Crippen LogP contribution in [-0.2, 0) is 42.1 Å². The summed E-state index contributed by atoms with van der Waals surface area (Å²) in [5, 5.41) is 0. The average molecular weight is 464 g/mol. The second-order valence-electron chi connectivity index (χ2n) is 7.54. The maximum Gasteiger partial charge on any atom is 0.426 e. The highest BCUT2D eigenvalue weighted by Crippen LogP contribution is 2.32. The summed E-state index contributed by atoms with van der Waals surface area (Å²) in [6.45, 7) is 0.105. The van der Waals surface area contributed by atoms with Gasteiger partial charge in [-0.1, -0.05) is 36.1 Å². The molecule has 0 radical (unpaired) electrons. The van der Waals surface area contributed by atoms with E-state index in [9.17, 15) is 31.2 Å². The number of hydrogen-bond acceptors (Lipinski definition) is 6. The van der Waals surface area contributed by atoms with Gasteiger partial charge in [-0.15, -0.1) is 0 Å². The van der Waals surface area contributed by atoms with Crippen molar-refractivity contribution in [3.63, 3.8) is 0 Å². The van der Waals surface area contributed by atoms with Crippen molar-refractivity contribution >= 4 is 29.9 Å². The summed E-state index contributed by atoms with van der Waals surface area (Å²) in [7, 11) is -2.97. The van der Waals surface area contributed by atoms with Gasteiger partial charge in [0.2, 0.25) is 6.10 Å². The van der Waals surface area contributed by atoms with Crippen molar-refractivity contribution in [3.05, 3.63) is 35.4 Å². The van der Waals surface area contributed by atoms with Crippen LogP contribution in [0.25, 0.3) is 0 Å². The molecular weight excluding hydrogens is 440 g/mol. The first kappa shape index (κ1) is 25.2. The minimum atomic E-state index is -5.14. The van der Waals surface area contributed by atoms with Crippen LogP contribution in [0.1, 0.15) is 36.8 Å². The summed E-state index contributed by atoms with van der Waals surface area (Å²) >= 11 is 0. The van der Waals surface area contributed by atoms with E-state index < -0.39 is 51.9 Å². The molecule has 1 aromatic rings. The molecule has 172 valence electrons. The molecule has 1 unspecified atom stereocenters. The van der Waals surface area contributed by atoms with Gasteiger partial charge >= 0.3 is 18.1 Å². The van der Waals surface area contributed by atoms with Gasteiger partial charge in [0.25, 0.3) is 10.1 Å². The molecule has 0 heterocycles. The third kappa shape index (κ3) is 8.17. The minimum Gasteiger partial charge on any atom is -0.461 e. The maximum absolute atomic E-state index is 12.9. The lowest BCUT2D eigenvalue weighted by atomic mass is 9.82. The lowest BCUT2D eigenvalue weighted by molar-refractivity contribution is -0.218. The molecule has 12 heteroatoms. The van der Waals surface area contributed by atoms with E-state index >= 15 is 0 Å². The molecule has 1 aliphatic carbocycles. The van der Waals surface area contributed by atoms with Gasteiger partial charge in [0, 0.05) is 0 Å². The summed E-state index contributed by atoms with van der Waals surface area (Å²) < 4.78 is 78.5. The molecule has 31 heavy (non-hydrogen) atoms. The Hall–Kier alpha value is -2.08. The van der Waals surface area contributed by atoms with E-state index in [2.05, 4.69) is 4.74 Å². The predicted octanol–water partition coefficient (Wildman–Crippen LogP) is 2.03. The molecule has 0 spiro atoms. The molecule has 2 rings (SSSR count). The van der Waals surface area contributed by atoms with Gasteiger partial charge in [-0.05, 0) is 31.2 Å². The number of carbonyl (C=O) groups is 2. The zero-order chi connectivity index (χ0) is 23.2. The fourth-order valence-electron chi connectivity index (χ4n) is 3.33. The lowest BCUT2D eigenvalue weighted by Crippen LogP contribution is -2.41. The van der Waals surface area contributed by atoms with Crippen LogP contribution in [0.3, 0.4) is 0 Å². The molecule has 1 saturated carbocycles. The van der Waals surface area contributed by atoms with E-state index in [1.165, 1.54) is 0 Å². The zero-order valence-electron chi connectivity index (χ0n) is 16.9. The van der Waals surface area contributed by atoms with Gasteiger partial charge in [-0.3, -0.25) is 14.1 Å². The van der Waals surface area contributed by atoms with Crippen LogP contribution in [0.2, 0.25) is 0 Å². The topological polar surface area (TPSA) is 107 Å². The first-order chi connectivity index (χ1) is 14.4. The van der Waals surface area contributed by atoms with Crippen LogP contribution in [0.15, 0.2) is 24.3 Å². The minimum absolute atomic E-state index is 0.105. The van der Waals surface area contributed by atoms with Crippen molar-refractivity contribution in [2.75, 3.05) is 5.75 Å². The van der Waals surface area contributed by atoms with Crippen molar-refractivity contribution in [1.29, 1.82) is 0 Å². The Balaban J connectivity index is 1.83. The molecule has 1 atom stereocenters. The number of benzene rings is 1. The summed E-state index contributed by atoms with van der Waals surface area (Å²) in [5.74, 6) is -4.77. The first-order valence-corrected chi connectivity index (χ1v) is 11.5. The fraction of sp³-hybridized carbons (Fsp3) is 0.579. The van der Waals surface area contributed by atoms with E-state index in [0.29, 0.717) is 0 Å². The van der Waals surface area contributed by atoms with Crippen molar-refractivity contribution in [1.82, 2.24) is 0 Å². The van der Waals surface area contributed by atoms with Gasteiger partial charge < -0.3 is 9.47 Å². The second-order valence-corrected chi connectivity index (χ2v) is 9.04. The van der Waals surface area contributed by atoms with Gasteiger partial charge in [0.1, 0.15) is 20.2 Å². The number of hydrogen-bond donors (Lipinski definition) is 1. The molecule has 0 aliphatic heterocycles. The highest BCUT2D eigenvalue weighted by molar-refractivity contribution is 7.85. The molecule has 1 N–H and O–H groups in total. The van der Waals surface area contributed by atoms with Gasteiger partial charge in [-0.25, -0.2) is 0 Å². The Morgan fingerprint density at radius 3 is 1.97 bits per heavy atom. The smallest absolute Gasteiger partial charge is 0.426 e. The average Bonchev–Trinajstić information content (AvgIpc) is 2.70. The molecule has 0 aromatic heterocycles. The molecule has 0 amide bonds. The number of esters is 2. The standard InChI is InChI=1S/C19H24BF3O7S/c20-9-12-1-3-13(4-2-12)10-29-17(24)14-5-7-15(8-6-14)18(25)30-16(19(21,22)23)11-31(26,27)28/h1-4,14-16H,5-11,20H2,(H,26,27,28). The van der Waals surface area contributed by atoms with E-state index in [1.54, 1.807) is 0 Å². The molecule has 1 fully saturated rings. The SMILES string of the molecule is BCc1ccc(COC(=O)C2CCC(C(=O)OC(CS(=O)(=O)O)C(F)(F)F)CC2)cc1. The number of carbonyl (C=O) groups excluding carboxylic acids is 2. The van der Waals surface area contributed by atoms with Gasteiger partial charge in [0.15, 0.2) is 0 Å². The largest absolute Gasteiger partial charge is 0.461 e. The highest BCUT2D eigenvalue weighted by Gasteiger charge is 2.46. The summed E-state index contributed by atoms with van der Waals surface area (Å²) in [4.78, 5) is 24.3. The van der Waals surface area contributed by atoms with Crippen LogP contribution in [0.4, 0.5) is 13.2 Å². The monoisotopic (exact) mass is 464 g/mol. The summed E-state index contributed by atoms with van der Waals surface area (Å²) in [5.41, 5.74) is 1.99. The summed E-state index contributed by atoms with van der Waals surface area (Å²) in [6.07, 6.45) is -6.49. The quantitative estimate of drug-likeness (QED) is 0.357. The highest BCUT2D eigenvalue weighted by atomic mass is 32.2. The predicted molar refractivity (Wildman–Crippen MR) is 106 cm³/mol. The number of ether oxygens (including phenoxy) is 2. The van der Waals surface area contributed by atoms with E-state index in [-0.39, 0.29) is 32.3 Å². The van der Waals surface area contributed by atoms with E-state index in [4.69, 9.17) is 9.29 Å². The van der Waals surface area contributed by atoms with Crippen molar-refractivity contribution in [3.8, 4) is 0 Å². The van der Waals surface area contributed by atoms with Gasteiger partial charge in [0.05, 0.1) is 11.8 Å². The third-order valence-electron chi connectivity index (χ3n) is 5.19. The van der Waals surface area contributed by atoms with Crippen molar-refractivity contribution in [2.24, 2.45) is 11.8 Å². The summed E-state index contributed by atoms with van der Waals surface area (Å²) in [6, 6.07) is 7.61. The molecule has 0 bridgehead atoms. The Morgan fingerprint density at radius 2 is 1.52 bits per heavy atom. The Bertz CT molecular complexity index is 863. The lowest BCUT2D eigenvalue weighted by Gasteiger charge is -2.28. The maximum atomic E-state index is 12.9. The zero-order valence-corrected chi connectivity index (χ0v) is 17.7. The molecule has 1 aliphatic rings. The van der Waals surface area contributed by atoms with Crippen LogP contribution in [0, 0.1) is 11.8 Å². The second kappa shape index (κ2) is 10.5. The molecular formula is C19H24BF3O7S. The van der Waals surface area contributed by atoms with Crippen LogP contribution in [-0.4, -0.2) is 50.8 Å². The number of alkyl halides is 3.